The number of carbonyl (C=O) groups excluding carboxylic acids is 1. The van der Waals surface area contributed by atoms with E-state index in [-0.39, 0.29) is 11.5 Å². The lowest BCUT2D eigenvalue weighted by Crippen LogP contribution is -2.34. The number of hydrogen-bond acceptors (Lipinski definition) is 4. The van der Waals surface area contributed by atoms with E-state index < -0.39 is 0 Å². The molecule has 0 aromatic carbocycles. The Kier molecular flexibility index (Phi) is 4.56. The van der Waals surface area contributed by atoms with Crippen molar-refractivity contribution in [1.82, 2.24) is 10.3 Å². The molecule has 2 N–H and O–H groups in total. The summed E-state index contributed by atoms with van der Waals surface area (Å²) in [4.78, 5) is 25.3. The Labute approximate surface area is 108 Å². The van der Waals surface area contributed by atoms with Gasteiger partial charge in [0.15, 0.2) is 0 Å². The zero-order chi connectivity index (χ0) is 12.1. The minimum absolute atomic E-state index is 0.209. The summed E-state index contributed by atoms with van der Waals surface area (Å²) in [5.41, 5.74) is 0.0752. The molecule has 92 valence electrons. The number of aromatic amines is 1. The maximum Gasteiger partial charge on any atom is 0.267 e. The molecule has 17 heavy (non-hydrogen) atoms. The highest BCUT2D eigenvalue weighted by Crippen LogP contribution is 2.23. The lowest BCUT2D eigenvalue weighted by Gasteiger charge is -2.20. The molecule has 2 heterocycles. The summed E-state index contributed by atoms with van der Waals surface area (Å²) in [6.45, 7) is 0.660. The van der Waals surface area contributed by atoms with Crippen LogP contribution in [0.15, 0.2) is 23.0 Å². The van der Waals surface area contributed by atoms with Crippen LogP contribution in [0, 0.1) is 0 Å². The Morgan fingerprint density at radius 2 is 2.35 bits per heavy atom. The van der Waals surface area contributed by atoms with Gasteiger partial charge in [0.25, 0.3) is 5.91 Å². The molecule has 0 radical (unpaired) electrons. The first-order valence-electron chi connectivity index (χ1n) is 5.42. The van der Waals surface area contributed by atoms with Gasteiger partial charge in [0.1, 0.15) is 5.69 Å². The predicted molar refractivity (Wildman–Crippen MR) is 73.0 cm³/mol. The predicted octanol–water partition coefficient (Wildman–Crippen LogP) is 0.953. The maximum absolute atomic E-state index is 11.7. The second kappa shape index (κ2) is 6.16. The van der Waals surface area contributed by atoms with Gasteiger partial charge >= 0.3 is 0 Å². The molecule has 0 saturated carbocycles. The first-order valence-corrected chi connectivity index (χ1v) is 7.63. The van der Waals surface area contributed by atoms with Gasteiger partial charge < -0.3 is 10.3 Å². The fourth-order valence-corrected chi connectivity index (χ4v) is 4.15. The van der Waals surface area contributed by atoms with Gasteiger partial charge in [0.05, 0.1) is 0 Å². The zero-order valence-corrected chi connectivity index (χ0v) is 10.9. The Morgan fingerprint density at radius 3 is 3.06 bits per heavy atom. The zero-order valence-electron chi connectivity index (χ0n) is 9.27. The van der Waals surface area contributed by atoms with E-state index in [4.69, 9.17) is 0 Å². The molecule has 6 heteroatoms. The molecule has 1 aromatic rings. The molecule has 1 atom stereocenters. The third kappa shape index (κ3) is 3.81. The van der Waals surface area contributed by atoms with Crippen LogP contribution in [-0.4, -0.2) is 39.9 Å². The molecule has 1 aromatic heterocycles. The Morgan fingerprint density at radius 1 is 1.47 bits per heavy atom. The Hall–Kier alpha value is -0.880. The van der Waals surface area contributed by atoms with Crippen LogP contribution >= 0.6 is 23.5 Å². The summed E-state index contributed by atoms with van der Waals surface area (Å²) in [7, 11) is 0. The van der Waals surface area contributed by atoms with Gasteiger partial charge in [-0.25, -0.2) is 0 Å². The third-order valence-corrected chi connectivity index (χ3v) is 5.23. The average molecular weight is 270 g/mol. The molecule has 0 spiro atoms. The van der Waals surface area contributed by atoms with Crippen molar-refractivity contribution >= 4 is 29.4 Å². The Balaban J connectivity index is 1.86. The van der Waals surface area contributed by atoms with E-state index >= 15 is 0 Å². The molecule has 1 fully saturated rings. The summed E-state index contributed by atoms with van der Waals surface area (Å²) < 4.78 is 0. The largest absolute Gasteiger partial charge is 0.350 e. The van der Waals surface area contributed by atoms with Crippen molar-refractivity contribution in [3.63, 3.8) is 0 Å². The van der Waals surface area contributed by atoms with Crippen LogP contribution in [0.1, 0.15) is 10.5 Å². The van der Waals surface area contributed by atoms with Gasteiger partial charge in [-0.1, -0.05) is 6.07 Å². The molecule has 0 bridgehead atoms. The summed E-state index contributed by atoms with van der Waals surface area (Å²) in [5.74, 6) is 3.21. The van der Waals surface area contributed by atoms with E-state index in [9.17, 15) is 9.59 Å². The van der Waals surface area contributed by atoms with Gasteiger partial charge in [0.2, 0.25) is 5.56 Å². The number of thioether (sulfide) groups is 2. The lowest BCUT2D eigenvalue weighted by molar-refractivity contribution is 0.0949. The first-order chi connectivity index (χ1) is 8.25. The van der Waals surface area contributed by atoms with Gasteiger partial charge in [-0.15, -0.1) is 0 Å². The summed E-state index contributed by atoms with van der Waals surface area (Å²) in [6.07, 6.45) is 0. The summed E-state index contributed by atoms with van der Waals surface area (Å²) in [6, 6.07) is 4.59. The summed E-state index contributed by atoms with van der Waals surface area (Å²) >= 11 is 3.82. The highest BCUT2D eigenvalue weighted by Gasteiger charge is 2.15. The number of carbonyl (C=O) groups is 1. The lowest BCUT2D eigenvalue weighted by atomic mass is 10.3. The number of hydrogen-bond donors (Lipinski definition) is 2. The minimum Gasteiger partial charge on any atom is -0.350 e. The molecule has 4 nitrogen and oxygen atoms in total. The SMILES string of the molecule is O=C(NCC1CSCCS1)c1cccc(=O)[nH]1. The monoisotopic (exact) mass is 270 g/mol. The van der Waals surface area contributed by atoms with Gasteiger partial charge in [0, 0.05) is 35.1 Å². The fourth-order valence-electron chi connectivity index (χ4n) is 1.54. The van der Waals surface area contributed by atoms with Crippen LogP contribution in [-0.2, 0) is 0 Å². The highest BCUT2D eigenvalue weighted by molar-refractivity contribution is 8.06. The topological polar surface area (TPSA) is 62.0 Å². The van der Waals surface area contributed by atoms with E-state index in [1.54, 1.807) is 12.1 Å². The van der Waals surface area contributed by atoms with Crippen molar-refractivity contribution < 1.29 is 4.79 Å². The van der Waals surface area contributed by atoms with Crippen molar-refractivity contribution in [3.05, 3.63) is 34.2 Å². The second-order valence-electron chi connectivity index (χ2n) is 3.71. The van der Waals surface area contributed by atoms with Crippen LogP contribution in [0.2, 0.25) is 0 Å². The molecule has 1 saturated heterocycles. The van der Waals surface area contributed by atoms with Crippen LogP contribution < -0.4 is 10.9 Å². The van der Waals surface area contributed by atoms with Gasteiger partial charge in [-0.3, -0.25) is 9.59 Å². The maximum atomic E-state index is 11.7. The molecule has 1 aliphatic heterocycles. The quantitative estimate of drug-likeness (QED) is 0.858. The third-order valence-electron chi connectivity index (χ3n) is 2.39. The summed E-state index contributed by atoms with van der Waals surface area (Å²) in [5, 5.41) is 3.33. The number of aromatic nitrogens is 1. The Bertz CT molecular complexity index is 441. The highest BCUT2D eigenvalue weighted by atomic mass is 32.2. The minimum atomic E-state index is -0.250. The van der Waals surface area contributed by atoms with Crippen molar-refractivity contribution in [2.75, 3.05) is 23.8 Å². The van der Waals surface area contributed by atoms with Crippen LogP contribution in [0.25, 0.3) is 0 Å². The van der Waals surface area contributed by atoms with Crippen molar-refractivity contribution in [3.8, 4) is 0 Å². The van der Waals surface area contributed by atoms with Gasteiger partial charge in [-0.2, -0.15) is 23.5 Å². The average Bonchev–Trinajstić information content (AvgIpc) is 2.37. The van der Waals surface area contributed by atoms with Crippen LogP contribution in [0.5, 0.6) is 0 Å². The van der Waals surface area contributed by atoms with Crippen LogP contribution in [0.3, 0.4) is 0 Å². The van der Waals surface area contributed by atoms with Gasteiger partial charge in [-0.05, 0) is 6.07 Å². The van der Waals surface area contributed by atoms with Crippen molar-refractivity contribution in [1.29, 1.82) is 0 Å². The van der Waals surface area contributed by atoms with E-state index in [1.165, 1.54) is 11.8 Å². The molecule has 1 unspecified atom stereocenters. The first kappa shape index (κ1) is 12.6. The van der Waals surface area contributed by atoms with Crippen LogP contribution in [0.4, 0.5) is 0 Å². The number of H-pyrrole nitrogens is 1. The number of pyridine rings is 1. The molecule has 1 aliphatic rings. The number of nitrogens with one attached hydrogen (secondary N) is 2. The normalized spacial score (nSPS) is 19.9. The molecular formula is C11H14N2O2S2. The van der Waals surface area contributed by atoms with E-state index in [2.05, 4.69) is 10.3 Å². The molecule has 1 amide bonds. The fraction of sp³-hybridized carbons (Fsp3) is 0.455. The molecule has 0 aliphatic carbocycles. The van der Waals surface area contributed by atoms with Crippen molar-refractivity contribution in [2.24, 2.45) is 0 Å². The van der Waals surface area contributed by atoms with E-state index in [0.29, 0.717) is 17.5 Å². The number of amides is 1. The van der Waals surface area contributed by atoms with E-state index in [1.807, 2.05) is 23.5 Å². The smallest absolute Gasteiger partial charge is 0.267 e. The van der Waals surface area contributed by atoms with Crippen molar-refractivity contribution in [2.45, 2.75) is 5.25 Å². The van der Waals surface area contributed by atoms with E-state index in [0.717, 1.165) is 11.5 Å². The second-order valence-corrected chi connectivity index (χ2v) is 6.26. The standard InChI is InChI=1S/C11H14N2O2S2/c14-10-3-1-2-9(13-10)11(15)12-6-8-7-16-4-5-17-8/h1-3,8H,4-7H2,(H,12,15)(H,13,14). The molecule has 2 rings (SSSR count). The number of rotatable bonds is 3. The molecular weight excluding hydrogens is 256 g/mol.